The number of halogens is 2. The van der Waals surface area contributed by atoms with Crippen molar-refractivity contribution in [3.05, 3.63) is 69.7 Å². The maximum Gasteiger partial charge on any atom is 0.402 e. The number of benzene rings is 2. The van der Waals surface area contributed by atoms with Crippen LogP contribution in [0.2, 0.25) is 10.0 Å². The van der Waals surface area contributed by atoms with Crippen LogP contribution in [0.25, 0.3) is 0 Å². The van der Waals surface area contributed by atoms with Crippen molar-refractivity contribution < 1.29 is 27.3 Å². The van der Waals surface area contributed by atoms with Crippen molar-refractivity contribution in [1.29, 1.82) is 10.5 Å². The van der Waals surface area contributed by atoms with Gasteiger partial charge in [0.2, 0.25) is 0 Å². The SMILES string of the molecule is CCOP(=S)(OCC)O/N=C(/C#N)c1ccccc1Cl.CCOP(=S)(OCC)O/N=C(/C#N)c1ccccc1Cl. The molecule has 40 heavy (non-hydrogen) atoms. The van der Waals surface area contributed by atoms with Crippen molar-refractivity contribution >= 4 is 71.7 Å². The smallest absolute Gasteiger partial charge is 0.312 e. The number of nitrogens with zero attached hydrogens (tertiary/aromatic N) is 4. The highest BCUT2D eigenvalue weighted by atomic mass is 35.5. The Morgan fingerprint density at radius 2 is 0.975 bits per heavy atom. The minimum Gasteiger partial charge on any atom is -0.312 e. The lowest BCUT2D eigenvalue weighted by atomic mass is 10.1. The summed E-state index contributed by atoms with van der Waals surface area (Å²) >= 11 is 22.3. The van der Waals surface area contributed by atoms with E-state index in [1.807, 2.05) is 12.1 Å². The Bertz CT molecular complexity index is 1230. The summed E-state index contributed by atoms with van der Waals surface area (Å²) < 4.78 is 31.4. The van der Waals surface area contributed by atoms with E-state index in [-0.39, 0.29) is 11.4 Å². The van der Waals surface area contributed by atoms with Crippen LogP contribution in [-0.4, -0.2) is 37.9 Å². The summed E-state index contributed by atoms with van der Waals surface area (Å²) in [6.45, 7) is 2.48. The zero-order valence-corrected chi connectivity index (χ0v) is 27.1. The molecule has 16 heteroatoms. The third-order valence-corrected chi connectivity index (χ3v) is 9.27. The highest BCUT2D eigenvalue weighted by Crippen LogP contribution is 2.50. The van der Waals surface area contributed by atoms with Crippen LogP contribution in [0.1, 0.15) is 38.8 Å². The predicted molar refractivity (Wildman–Crippen MR) is 164 cm³/mol. The van der Waals surface area contributed by atoms with Gasteiger partial charge in [0.1, 0.15) is 12.1 Å². The number of oxime groups is 2. The Balaban J connectivity index is 0.000000400. The van der Waals surface area contributed by atoms with E-state index in [0.717, 1.165) is 0 Å². The molecule has 0 aliphatic rings. The van der Waals surface area contributed by atoms with Crippen molar-refractivity contribution in [3.63, 3.8) is 0 Å². The van der Waals surface area contributed by atoms with Crippen molar-refractivity contribution in [3.8, 4) is 12.1 Å². The van der Waals surface area contributed by atoms with Crippen LogP contribution in [0.5, 0.6) is 0 Å². The first-order valence-corrected chi connectivity index (χ1v) is 17.6. The lowest BCUT2D eigenvalue weighted by molar-refractivity contribution is 0.171. The number of nitriles is 2. The number of rotatable bonds is 14. The molecule has 216 valence electrons. The van der Waals surface area contributed by atoms with Crippen LogP contribution in [0.3, 0.4) is 0 Å². The van der Waals surface area contributed by atoms with E-state index >= 15 is 0 Å². The molecule has 0 spiro atoms. The van der Waals surface area contributed by atoms with E-state index in [2.05, 4.69) is 10.3 Å². The van der Waals surface area contributed by atoms with E-state index in [9.17, 15) is 0 Å². The van der Waals surface area contributed by atoms with E-state index < -0.39 is 13.4 Å². The second kappa shape index (κ2) is 19.2. The second-order valence-corrected chi connectivity index (χ2v) is 13.4. The van der Waals surface area contributed by atoms with Crippen molar-refractivity contribution in [2.24, 2.45) is 10.3 Å². The van der Waals surface area contributed by atoms with E-state index in [1.54, 1.807) is 76.2 Å². The fourth-order valence-electron chi connectivity index (χ4n) is 2.55. The molecule has 0 heterocycles. The molecule has 0 fully saturated rings. The van der Waals surface area contributed by atoms with Gasteiger partial charge in [0, 0.05) is 34.7 Å². The monoisotopic (exact) mass is 664 g/mol. The summed E-state index contributed by atoms with van der Waals surface area (Å²) in [5, 5.41) is 26.6. The first-order chi connectivity index (χ1) is 19.1. The average molecular weight is 665 g/mol. The van der Waals surface area contributed by atoms with Gasteiger partial charge < -0.3 is 9.25 Å². The number of hydrogen-bond donors (Lipinski definition) is 0. The molecule has 0 saturated heterocycles. The lowest BCUT2D eigenvalue weighted by Crippen LogP contribution is -2.02. The maximum atomic E-state index is 9.14. The predicted octanol–water partition coefficient (Wildman–Crippen LogP) is 7.76. The molecule has 2 aromatic carbocycles. The van der Waals surface area contributed by atoms with Crippen LogP contribution in [0.15, 0.2) is 58.8 Å². The Labute approximate surface area is 254 Å². The molecule has 0 bridgehead atoms. The standard InChI is InChI=1S/2C12H14ClN2O3PS/c2*1-3-16-19(20,17-4-2)18-15-12(9-14)10-7-5-6-8-11(10)13/h2*5-8H,3-4H2,1-2H3/b2*15-12-. The Morgan fingerprint density at radius 3 is 1.23 bits per heavy atom. The molecule has 2 rings (SSSR count). The van der Waals surface area contributed by atoms with Gasteiger partial charge in [0.15, 0.2) is 11.4 Å². The summed E-state index contributed by atoms with van der Waals surface area (Å²) in [5.41, 5.74) is 0.964. The molecule has 0 radical (unpaired) electrons. The fraction of sp³-hybridized carbons (Fsp3) is 0.333. The van der Waals surface area contributed by atoms with Gasteiger partial charge in [-0.15, -0.1) is 0 Å². The molecule has 0 unspecified atom stereocenters. The topological polar surface area (TPSA) is 128 Å². The largest absolute Gasteiger partial charge is 0.402 e. The Hall–Kier alpha value is -1.92. The molecule has 0 N–H and O–H groups in total. The van der Waals surface area contributed by atoms with E-state index in [0.29, 0.717) is 47.6 Å². The van der Waals surface area contributed by atoms with Crippen molar-refractivity contribution in [2.75, 3.05) is 26.4 Å². The quantitative estimate of drug-likeness (QED) is 0.112. The molecule has 0 atom stereocenters. The summed E-state index contributed by atoms with van der Waals surface area (Å²) in [4.78, 5) is 0. The highest BCUT2D eigenvalue weighted by Gasteiger charge is 2.22. The van der Waals surface area contributed by atoms with Crippen LogP contribution in [0, 0.1) is 22.7 Å². The van der Waals surface area contributed by atoms with E-state index in [4.69, 9.17) is 84.7 Å². The van der Waals surface area contributed by atoms with Gasteiger partial charge in [0.25, 0.3) is 0 Å². The zero-order valence-electron chi connectivity index (χ0n) is 22.2. The molecule has 10 nitrogen and oxygen atoms in total. The molecule has 0 amide bonds. The Morgan fingerprint density at radius 1 is 0.675 bits per heavy atom. The Kier molecular flexibility index (Phi) is 17.4. The molecule has 0 aromatic heterocycles. The van der Waals surface area contributed by atoms with Crippen LogP contribution >= 0.6 is 36.6 Å². The van der Waals surface area contributed by atoms with E-state index in [1.165, 1.54) is 0 Å². The summed E-state index contributed by atoms with van der Waals surface area (Å²) in [7, 11) is 0. The summed E-state index contributed by atoms with van der Waals surface area (Å²) in [5.74, 6) is 0. The zero-order chi connectivity index (χ0) is 30.0. The first-order valence-electron chi connectivity index (χ1n) is 11.7. The van der Waals surface area contributed by atoms with Gasteiger partial charge in [-0.3, -0.25) is 18.1 Å². The van der Waals surface area contributed by atoms with Crippen LogP contribution in [0.4, 0.5) is 0 Å². The van der Waals surface area contributed by atoms with Gasteiger partial charge >= 0.3 is 13.4 Å². The molecular weight excluding hydrogens is 637 g/mol. The lowest BCUT2D eigenvalue weighted by Gasteiger charge is -2.17. The normalized spacial score (nSPS) is 12.0. The van der Waals surface area contributed by atoms with Crippen LogP contribution in [-0.2, 0) is 51.0 Å². The molecule has 2 aromatic rings. The molecule has 0 saturated carbocycles. The molecule has 0 aliphatic heterocycles. The molecular formula is C24H28Cl2N4O6P2S2. The maximum absolute atomic E-state index is 9.14. The van der Waals surface area contributed by atoms with Crippen molar-refractivity contribution in [1.82, 2.24) is 0 Å². The minimum atomic E-state index is -2.97. The third kappa shape index (κ3) is 12.3. The fourth-order valence-corrected chi connectivity index (χ4v) is 6.43. The van der Waals surface area contributed by atoms with Crippen molar-refractivity contribution in [2.45, 2.75) is 27.7 Å². The second-order valence-electron chi connectivity index (χ2n) is 6.79. The highest BCUT2D eigenvalue weighted by molar-refractivity contribution is 8.07. The van der Waals surface area contributed by atoms with Gasteiger partial charge in [-0.2, -0.15) is 10.5 Å². The average Bonchev–Trinajstić information content (AvgIpc) is 2.92. The van der Waals surface area contributed by atoms with Crippen LogP contribution < -0.4 is 0 Å². The molecule has 0 aliphatic carbocycles. The summed E-state index contributed by atoms with van der Waals surface area (Å²) in [6, 6.07) is 17.5. The summed E-state index contributed by atoms with van der Waals surface area (Å²) in [6.07, 6.45) is 0. The van der Waals surface area contributed by atoms with Gasteiger partial charge in [-0.25, -0.2) is 0 Å². The minimum absolute atomic E-state index is 0.0178. The first kappa shape index (κ1) is 36.1. The van der Waals surface area contributed by atoms with Gasteiger partial charge in [-0.1, -0.05) is 69.9 Å². The van der Waals surface area contributed by atoms with Gasteiger partial charge in [0.05, 0.1) is 36.5 Å². The van der Waals surface area contributed by atoms with Gasteiger partial charge in [-0.05, 0) is 39.8 Å². The number of hydrogen-bond acceptors (Lipinski definition) is 12. The third-order valence-electron chi connectivity index (χ3n) is 4.08.